The van der Waals surface area contributed by atoms with Gasteiger partial charge in [0.1, 0.15) is 5.82 Å². The molecule has 1 N–H and O–H groups in total. The standard InChI is InChI=1S/C13H15FN2O/c1-3-15-12-7-10(8-17-2)16-13-6-9(14)4-5-11(12)13/h4-7H,3,8H2,1-2H3,(H,15,16). The molecule has 0 unspecified atom stereocenters. The van der Waals surface area contributed by atoms with Crippen LogP contribution in [0.5, 0.6) is 0 Å². The minimum atomic E-state index is -0.276. The van der Waals surface area contributed by atoms with Gasteiger partial charge in [-0.1, -0.05) is 0 Å². The summed E-state index contributed by atoms with van der Waals surface area (Å²) in [5.41, 5.74) is 2.40. The van der Waals surface area contributed by atoms with E-state index in [-0.39, 0.29) is 5.82 Å². The number of anilines is 1. The molecule has 1 heterocycles. The Morgan fingerprint density at radius 3 is 2.88 bits per heavy atom. The van der Waals surface area contributed by atoms with E-state index in [0.29, 0.717) is 12.1 Å². The fraction of sp³-hybridized carbons (Fsp3) is 0.308. The molecule has 90 valence electrons. The van der Waals surface area contributed by atoms with Crippen molar-refractivity contribution in [2.75, 3.05) is 19.0 Å². The number of benzene rings is 1. The molecule has 0 bridgehead atoms. The summed E-state index contributed by atoms with van der Waals surface area (Å²) in [4.78, 5) is 4.36. The lowest BCUT2D eigenvalue weighted by atomic mass is 10.1. The highest BCUT2D eigenvalue weighted by atomic mass is 19.1. The highest BCUT2D eigenvalue weighted by Crippen LogP contribution is 2.24. The fourth-order valence-corrected chi connectivity index (χ4v) is 1.81. The Bertz CT molecular complexity index is 528. The van der Waals surface area contributed by atoms with E-state index in [0.717, 1.165) is 23.3 Å². The van der Waals surface area contributed by atoms with Gasteiger partial charge in [0.25, 0.3) is 0 Å². The average molecular weight is 234 g/mol. The molecule has 17 heavy (non-hydrogen) atoms. The summed E-state index contributed by atoms with van der Waals surface area (Å²) in [6, 6.07) is 6.57. The number of methoxy groups -OCH3 is 1. The molecule has 4 heteroatoms. The minimum absolute atomic E-state index is 0.276. The van der Waals surface area contributed by atoms with E-state index >= 15 is 0 Å². The third kappa shape index (κ3) is 2.53. The molecule has 0 aliphatic rings. The smallest absolute Gasteiger partial charge is 0.125 e. The molecule has 0 fully saturated rings. The second kappa shape index (κ2) is 5.10. The van der Waals surface area contributed by atoms with Gasteiger partial charge < -0.3 is 10.1 Å². The van der Waals surface area contributed by atoms with E-state index in [4.69, 9.17) is 4.74 Å². The molecule has 0 saturated carbocycles. The summed E-state index contributed by atoms with van der Waals surface area (Å²) in [5.74, 6) is -0.276. The van der Waals surface area contributed by atoms with Gasteiger partial charge in [-0.15, -0.1) is 0 Å². The van der Waals surface area contributed by atoms with Crippen molar-refractivity contribution in [2.45, 2.75) is 13.5 Å². The second-order valence-corrected chi connectivity index (χ2v) is 3.79. The first-order chi connectivity index (χ1) is 8.24. The van der Waals surface area contributed by atoms with Crippen LogP contribution in [0.3, 0.4) is 0 Å². The van der Waals surface area contributed by atoms with Gasteiger partial charge in [0.05, 0.1) is 17.8 Å². The number of halogens is 1. The number of aromatic nitrogens is 1. The molecular weight excluding hydrogens is 219 g/mol. The monoisotopic (exact) mass is 234 g/mol. The third-order valence-corrected chi connectivity index (χ3v) is 2.48. The molecule has 2 rings (SSSR count). The number of nitrogens with one attached hydrogen (secondary N) is 1. The largest absolute Gasteiger partial charge is 0.385 e. The maximum atomic E-state index is 13.2. The molecular formula is C13H15FN2O. The van der Waals surface area contributed by atoms with E-state index in [2.05, 4.69) is 10.3 Å². The van der Waals surface area contributed by atoms with Gasteiger partial charge in [-0.05, 0) is 25.1 Å². The van der Waals surface area contributed by atoms with E-state index in [1.54, 1.807) is 13.2 Å². The van der Waals surface area contributed by atoms with Crippen LogP contribution in [-0.4, -0.2) is 18.6 Å². The van der Waals surface area contributed by atoms with Crippen molar-refractivity contribution in [2.24, 2.45) is 0 Å². The van der Waals surface area contributed by atoms with Gasteiger partial charge in [-0.2, -0.15) is 0 Å². The van der Waals surface area contributed by atoms with Crippen molar-refractivity contribution in [3.8, 4) is 0 Å². The first-order valence-corrected chi connectivity index (χ1v) is 5.56. The van der Waals surface area contributed by atoms with Crippen LogP contribution in [0.4, 0.5) is 10.1 Å². The maximum Gasteiger partial charge on any atom is 0.125 e. The number of hydrogen-bond acceptors (Lipinski definition) is 3. The third-order valence-electron chi connectivity index (χ3n) is 2.48. The van der Waals surface area contributed by atoms with Crippen molar-refractivity contribution in [1.29, 1.82) is 0 Å². The van der Waals surface area contributed by atoms with Crippen molar-refractivity contribution < 1.29 is 9.13 Å². The molecule has 0 aliphatic carbocycles. The number of rotatable bonds is 4. The number of fused-ring (bicyclic) bond motifs is 1. The highest BCUT2D eigenvalue weighted by molar-refractivity contribution is 5.91. The van der Waals surface area contributed by atoms with E-state index < -0.39 is 0 Å². The predicted molar refractivity (Wildman–Crippen MR) is 66.6 cm³/mol. The molecule has 0 saturated heterocycles. The summed E-state index contributed by atoms with van der Waals surface area (Å²) >= 11 is 0. The van der Waals surface area contributed by atoms with Crippen LogP contribution in [-0.2, 0) is 11.3 Å². The minimum Gasteiger partial charge on any atom is -0.385 e. The van der Waals surface area contributed by atoms with Crippen LogP contribution in [0.2, 0.25) is 0 Å². The van der Waals surface area contributed by atoms with Crippen molar-refractivity contribution >= 4 is 16.6 Å². The van der Waals surface area contributed by atoms with Crippen LogP contribution in [0.25, 0.3) is 10.9 Å². The van der Waals surface area contributed by atoms with Crippen LogP contribution in [0.15, 0.2) is 24.3 Å². The molecule has 0 amide bonds. The summed E-state index contributed by atoms with van der Waals surface area (Å²) < 4.78 is 18.2. The molecule has 0 atom stereocenters. The van der Waals surface area contributed by atoms with Gasteiger partial charge in [-0.3, -0.25) is 4.98 Å². The Morgan fingerprint density at radius 2 is 2.18 bits per heavy atom. The lowest BCUT2D eigenvalue weighted by Crippen LogP contribution is -2.01. The normalized spacial score (nSPS) is 10.8. The van der Waals surface area contributed by atoms with Crippen LogP contribution in [0, 0.1) is 5.82 Å². The van der Waals surface area contributed by atoms with Gasteiger partial charge in [0.15, 0.2) is 0 Å². The Balaban J connectivity index is 2.58. The van der Waals surface area contributed by atoms with Crippen molar-refractivity contribution in [1.82, 2.24) is 4.98 Å². The molecule has 2 aromatic rings. The lowest BCUT2D eigenvalue weighted by molar-refractivity contribution is 0.182. The van der Waals surface area contributed by atoms with Crippen LogP contribution < -0.4 is 5.32 Å². The summed E-state index contributed by atoms with van der Waals surface area (Å²) in [7, 11) is 1.62. The van der Waals surface area contributed by atoms with Crippen molar-refractivity contribution in [3.05, 3.63) is 35.8 Å². The van der Waals surface area contributed by atoms with Gasteiger partial charge in [-0.25, -0.2) is 4.39 Å². The number of ether oxygens (including phenoxy) is 1. The Labute approximate surface area is 99.6 Å². The molecule has 0 aliphatic heterocycles. The Kier molecular flexibility index (Phi) is 3.54. The first kappa shape index (κ1) is 11.8. The maximum absolute atomic E-state index is 13.2. The van der Waals surface area contributed by atoms with Crippen LogP contribution in [0.1, 0.15) is 12.6 Å². The number of pyridine rings is 1. The van der Waals surface area contributed by atoms with Crippen LogP contribution >= 0.6 is 0 Å². The fourth-order valence-electron chi connectivity index (χ4n) is 1.81. The van der Waals surface area contributed by atoms with Gasteiger partial charge >= 0.3 is 0 Å². The van der Waals surface area contributed by atoms with Gasteiger partial charge in [0.2, 0.25) is 0 Å². The highest BCUT2D eigenvalue weighted by Gasteiger charge is 2.06. The summed E-state index contributed by atoms with van der Waals surface area (Å²) in [6.07, 6.45) is 0. The van der Waals surface area contributed by atoms with E-state index in [9.17, 15) is 4.39 Å². The second-order valence-electron chi connectivity index (χ2n) is 3.79. The average Bonchev–Trinajstić information content (AvgIpc) is 2.29. The lowest BCUT2D eigenvalue weighted by Gasteiger charge is -2.10. The first-order valence-electron chi connectivity index (χ1n) is 5.56. The summed E-state index contributed by atoms with van der Waals surface area (Å²) in [5, 5.41) is 4.17. The zero-order valence-corrected chi connectivity index (χ0v) is 9.96. The van der Waals surface area contributed by atoms with Gasteiger partial charge in [0, 0.05) is 30.8 Å². The van der Waals surface area contributed by atoms with Crippen molar-refractivity contribution in [3.63, 3.8) is 0 Å². The molecule has 0 radical (unpaired) electrons. The SMILES string of the molecule is CCNc1cc(COC)nc2cc(F)ccc12. The Hall–Kier alpha value is -1.68. The molecule has 3 nitrogen and oxygen atoms in total. The van der Waals surface area contributed by atoms with E-state index in [1.807, 2.05) is 13.0 Å². The Morgan fingerprint density at radius 1 is 1.35 bits per heavy atom. The van der Waals surface area contributed by atoms with E-state index in [1.165, 1.54) is 12.1 Å². The topological polar surface area (TPSA) is 34.1 Å². The predicted octanol–water partition coefficient (Wildman–Crippen LogP) is 2.95. The molecule has 1 aromatic heterocycles. The zero-order chi connectivity index (χ0) is 12.3. The number of hydrogen-bond donors (Lipinski definition) is 1. The number of nitrogens with zero attached hydrogens (tertiary/aromatic N) is 1. The quantitative estimate of drug-likeness (QED) is 0.883. The molecule has 0 spiro atoms. The zero-order valence-electron chi connectivity index (χ0n) is 9.96. The summed E-state index contributed by atoms with van der Waals surface area (Å²) in [6.45, 7) is 3.25. The molecule has 1 aromatic carbocycles.